The molecule has 2 aromatic carbocycles. The Balaban J connectivity index is 2.31. The van der Waals surface area contributed by atoms with E-state index in [4.69, 9.17) is 0 Å². The van der Waals surface area contributed by atoms with Gasteiger partial charge in [0.2, 0.25) is 15.9 Å². The van der Waals surface area contributed by atoms with Crippen LogP contribution in [0, 0.1) is 19.8 Å². The van der Waals surface area contributed by atoms with E-state index in [2.05, 4.69) is 10.6 Å². The molecule has 2 amide bonds. The molecule has 2 aromatic rings. The molecule has 168 valence electrons. The fourth-order valence-corrected chi connectivity index (χ4v) is 4.26. The summed E-state index contributed by atoms with van der Waals surface area (Å²) in [6, 6.07) is 10.9. The maximum atomic E-state index is 13.0. The number of hydrogen-bond acceptors (Lipinski definition) is 4. The Kier molecular flexibility index (Phi) is 7.84. The number of nitrogens with zero attached hydrogens (tertiary/aromatic N) is 1. The topological polar surface area (TPSA) is 95.6 Å². The molecule has 2 rings (SSSR count). The van der Waals surface area contributed by atoms with E-state index in [1.807, 2.05) is 33.8 Å². The van der Waals surface area contributed by atoms with Crippen LogP contribution in [0.2, 0.25) is 0 Å². The molecule has 0 unspecified atom stereocenters. The van der Waals surface area contributed by atoms with E-state index in [-0.39, 0.29) is 11.8 Å². The van der Waals surface area contributed by atoms with Gasteiger partial charge in [-0.2, -0.15) is 0 Å². The largest absolute Gasteiger partial charge is 0.352 e. The van der Waals surface area contributed by atoms with E-state index in [1.165, 1.54) is 6.92 Å². The van der Waals surface area contributed by atoms with Crippen LogP contribution in [0.25, 0.3) is 0 Å². The van der Waals surface area contributed by atoms with Crippen molar-refractivity contribution in [2.45, 2.75) is 40.7 Å². The maximum Gasteiger partial charge on any atom is 0.253 e. The van der Waals surface area contributed by atoms with Crippen molar-refractivity contribution >= 4 is 33.2 Å². The van der Waals surface area contributed by atoms with Crippen LogP contribution >= 0.6 is 0 Å². The minimum Gasteiger partial charge on any atom is -0.352 e. The summed E-state index contributed by atoms with van der Waals surface area (Å²) in [7, 11) is -3.74. The maximum absolute atomic E-state index is 13.0. The summed E-state index contributed by atoms with van der Waals surface area (Å²) in [6.07, 6.45) is 1.07. The Morgan fingerprint density at radius 3 is 2.23 bits per heavy atom. The van der Waals surface area contributed by atoms with Gasteiger partial charge in [0.1, 0.15) is 6.04 Å². The van der Waals surface area contributed by atoms with Crippen molar-refractivity contribution in [1.29, 1.82) is 0 Å². The fourth-order valence-electron chi connectivity index (χ4n) is 3.09. The zero-order valence-corrected chi connectivity index (χ0v) is 19.7. The standard InChI is InChI=1S/C23H31N3O4S/c1-15(2)14-24-23(28)20-9-7-8-10-21(20)25-22(27)18(5)26(31(6,29)30)19-12-11-16(3)17(4)13-19/h7-13,15,18H,14H2,1-6H3,(H,24,28)(H,25,27)/t18-/m1/s1. The quantitative estimate of drug-likeness (QED) is 0.650. The number of benzene rings is 2. The molecule has 0 bridgehead atoms. The molecule has 0 fully saturated rings. The molecular formula is C23H31N3O4S. The minimum absolute atomic E-state index is 0.284. The molecular weight excluding hydrogens is 414 g/mol. The second-order valence-corrected chi connectivity index (χ2v) is 10.0. The van der Waals surface area contributed by atoms with Gasteiger partial charge >= 0.3 is 0 Å². The Labute approximate surface area is 184 Å². The summed E-state index contributed by atoms with van der Waals surface area (Å²) in [4.78, 5) is 25.6. The average Bonchev–Trinajstić information content (AvgIpc) is 2.68. The van der Waals surface area contributed by atoms with Crippen molar-refractivity contribution in [3.05, 3.63) is 59.2 Å². The molecule has 0 aliphatic carbocycles. The second-order valence-electron chi connectivity index (χ2n) is 8.14. The Morgan fingerprint density at radius 2 is 1.65 bits per heavy atom. The number of para-hydroxylation sites is 1. The van der Waals surface area contributed by atoms with Crippen molar-refractivity contribution in [2.75, 3.05) is 22.4 Å². The van der Waals surface area contributed by atoms with Gasteiger partial charge in [0.15, 0.2) is 0 Å². The van der Waals surface area contributed by atoms with Crippen LogP contribution in [0.1, 0.15) is 42.3 Å². The number of carbonyl (C=O) groups is 2. The van der Waals surface area contributed by atoms with Crippen LogP contribution in [-0.2, 0) is 14.8 Å². The first-order valence-corrected chi connectivity index (χ1v) is 12.0. The lowest BCUT2D eigenvalue weighted by molar-refractivity contribution is -0.116. The summed E-state index contributed by atoms with van der Waals surface area (Å²) >= 11 is 0. The molecule has 0 saturated carbocycles. The smallest absolute Gasteiger partial charge is 0.253 e. The van der Waals surface area contributed by atoms with E-state index in [0.717, 1.165) is 21.7 Å². The molecule has 0 radical (unpaired) electrons. The highest BCUT2D eigenvalue weighted by atomic mass is 32.2. The summed E-state index contributed by atoms with van der Waals surface area (Å²) in [6.45, 7) is 9.82. The third-order valence-electron chi connectivity index (χ3n) is 4.93. The third-order valence-corrected chi connectivity index (χ3v) is 6.18. The summed E-state index contributed by atoms with van der Waals surface area (Å²) < 4.78 is 26.2. The summed E-state index contributed by atoms with van der Waals surface area (Å²) in [5.41, 5.74) is 3.01. The highest BCUT2D eigenvalue weighted by Crippen LogP contribution is 2.25. The van der Waals surface area contributed by atoms with E-state index < -0.39 is 22.0 Å². The van der Waals surface area contributed by atoms with Gasteiger partial charge in [-0.25, -0.2) is 8.42 Å². The van der Waals surface area contributed by atoms with Crippen LogP contribution in [0.3, 0.4) is 0 Å². The number of anilines is 2. The number of nitrogens with one attached hydrogen (secondary N) is 2. The number of hydrogen-bond donors (Lipinski definition) is 2. The Hall–Kier alpha value is -2.87. The zero-order valence-electron chi connectivity index (χ0n) is 18.9. The van der Waals surface area contributed by atoms with E-state index in [1.54, 1.807) is 36.4 Å². The molecule has 7 nitrogen and oxygen atoms in total. The number of amides is 2. The molecule has 0 saturated heterocycles. The van der Waals surface area contributed by atoms with Crippen LogP contribution < -0.4 is 14.9 Å². The number of sulfonamides is 1. The zero-order chi connectivity index (χ0) is 23.3. The predicted molar refractivity (Wildman–Crippen MR) is 125 cm³/mol. The molecule has 31 heavy (non-hydrogen) atoms. The highest BCUT2D eigenvalue weighted by Gasteiger charge is 2.30. The van der Waals surface area contributed by atoms with E-state index in [0.29, 0.717) is 23.5 Å². The van der Waals surface area contributed by atoms with Gasteiger partial charge in [0, 0.05) is 6.54 Å². The van der Waals surface area contributed by atoms with Gasteiger partial charge in [0.25, 0.3) is 5.91 Å². The number of carbonyl (C=O) groups excluding carboxylic acids is 2. The first-order chi connectivity index (χ1) is 14.4. The fraction of sp³-hybridized carbons (Fsp3) is 0.391. The molecule has 0 aliphatic rings. The van der Waals surface area contributed by atoms with Crippen molar-refractivity contribution in [1.82, 2.24) is 5.32 Å². The molecule has 8 heteroatoms. The Bertz CT molecular complexity index is 1060. The van der Waals surface area contributed by atoms with Crippen LogP contribution in [0.5, 0.6) is 0 Å². The number of rotatable bonds is 8. The highest BCUT2D eigenvalue weighted by molar-refractivity contribution is 7.92. The second kappa shape index (κ2) is 9.96. The third kappa shape index (κ3) is 6.30. The van der Waals surface area contributed by atoms with E-state index >= 15 is 0 Å². The molecule has 1 atom stereocenters. The molecule has 0 heterocycles. The first kappa shape index (κ1) is 24.4. The van der Waals surface area contributed by atoms with E-state index in [9.17, 15) is 18.0 Å². The van der Waals surface area contributed by atoms with Crippen LogP contribution in [0.4, 0.5) is 11.4 Å². The lowest BCUT2D eigenvalue weighted by Crippen LogP contribution is -2.45. The van der Waals surface area contributed by atoms with Gasteiger partial charge in [-0.05, 0) is 62.1 Å². The summed E-state index contributed by atoms with van der Waals surface area (Å²) in [5.74, 6) is -0.550. The molecule has 0 aliphatic heterocycles. The van der Waals surface area contributed by atoms with Crippen molar-refractivity contribution in [3.63, 3.8) is 0 Å². The monoisotopic (exact) mass is 445 g/mol. The van der Waals surface area contributed by atoms with Gasteiger partial charge < -0.3 is 10.6 Å². The first-order valence-electron chi connectivity index (χ1n) is 10.2. The predicted octanol–water partition coefficient (Wildman–Crippen LogP) is 3.48. The normalized spacial score (nSPS) is 12.4. The van der Waals surface area contributed by atoms with Gasteiger partial charge in [0.05, 0.1) is 23.2 Å². The van der Waals surface area contributed by atoms with Crippen molar-refractivity contribution < 1.29 is 18.0 Å². The van der Waals surface area contributed by atoms with Gasteiger partial charge in [-0.1, -0.05) is 32.0 Å². The number of aryl methyl sites for hydroxylation is 2. The molecule has 0 aromatic heterocycles. The SMILES string of the molecule is Cc1ccc(N([C@H](C)C(=O)Nc2ccccc2C(=O)NCC(C)C)S(C)(=O)=O)cc1C. The van der Waals surface area contributed by atoms with Crippen LogP contribution in [-0.4, -0.2) is 39.1 Å². The van der Waals surface area contributed by atoms with Gasteiger partial charge in [-0.3, -0.25) is 13.9 Å². The van der Waals surface area contributed by atoms with Crippen molar-refractivity contribution in [2.24, 2.45) is 5.92 Å². The molecule has 0 spiro atoms. The minimum atomic E-state index is -3.74. The average molecular weight is 446 g/mol. The van der Waals surface area contributed by atoms with Crippen molar-refractivity contribution in [3.8, 4) is 0 Å². The summed E-state index contributed by atoms with van der Waals surface area (Å²) in [5, 5.41) is 5.55. The lowest BCUT2D eigenvalue weighted by Gasteiger charge is -2.29. The molecule has 2 N–H and O–H groups in total. The van der Waals surface area contributed by atoms with Crippen LogP contribution in [0.15, 0.2) is 42.5 Å². The van der Waals surface area contributed by atoms with Gasteiger partial charge in [-0.15, -0.1) is 0 Å². The lowest BCUT2D eigenvalue weighted by atomic mass is 10.1. The Morgan fingerprint density at radius 1 is 1.00 bits per heavy atom.